The van der Waals surface area contributed by atoms with Gasteiger partial charge in [0, 0.05) is 29.4 Å². The number of hydrogen-bond donors (Lipinski definition) is 2. The lowest BCUT2D eigenvalue weighted by Crippen LogP contribution is -2.39. The fourth-order valence-electron chi connectivity index (χ4n) is 4.94. The Labute approximate surface area is 217 Å². The molecule has 10 nitrogen and oxygen atoms in total. The summed E-state index contributed by atoms with van der Waals surface area (Å²) in [6, 6.07) is 4.61. The number of nitrogens with one attached hydrogen (secondary N) is 2. The molecule has 2 N–H and O–H groups in total. The second kappa shape index (κ2) is 9.77. The van der Waals surface area contributed by atoms with E-state index in [0.29, 0.717) is 41.1 Å². The van der Waals surface area contributed by atoms with Crippen LogP contribution in [0, 0.1) is 0 Å². The first-order chi connectivity index (χ1) is 17.6. The van der Waals surface area contributed by atoms with E-state index in [0.717, 1.165) is 42.7 Å². The minimum Gasteiger partial charge on any atom is -0.444 e. The third-order valence-electron chi connectivity index (χ3n) is 6.73. The largest absolute Gasteiger partial charge is 0.444 e. The summed E-state index contributed by atoms with van der Waals surface area (Å²) in [5.74, 6) is -0.394. The monoisotopic (exact) mass is 525 g/mol. The van der Waals surface area contributed by atoms with E-state index >= 15 is 0 Å². The van der Waals surface area contributed by atoms with Gasteiger partial charge >= 0.3 is 11.8 Å². The molecule has 11 heteroatoms. The second-order valence-corrected chi connectivity index (χ2v) is 11.7. The lowest BCUT2D eigenvalue weighted by atomic mass is 9.95. The Bertz CT molecular complexity index is 1480. The van der Waals surface area contributed by atoms with Crippen LogP contribution in [0.25, 0.3) is 10.9 Å². The van der Waals surface area contributed by atoms with Gasteiger partial charge in [0.2, 0.25) is 0 Å². The average molecular weight is 526 g/mol. The molecule has 2 aromatic heterocycles. The molecule has 1 fully saturated rings. The number of amides is 2. The summed E-state index contributed by atoms with van der Waals surface area (Å²) in [7, 11) is 0. The molecule has 1 aliphatic heterocycles. The van der Waals surface area contributed by atoms with Crippen molar-refractivity contribution >= 4 is 39.4 Å². The summed E-state index contributed by atoms with van der Waals surface area (Å²) >= 11 is 1.32. The van der Waals surface area contributed by atoms with Crippen molar-refractivity contribution < 1.29 is 14.3 Å². The van der Waals surface area contributed by atoms with Crippen LogP contribution in [0.3, 0.4) is 0 Å². The Balaban J connectivity index is 1.32. The van der Waals surface area contributed by atoms with Crippen molar-refractivity contribution in [3.63, 3.8) is 0 Å². The first-order valence-electron chi connectivity index (χ1n) is 12.7. The lowest BCUT2D eigenvalue weighted by molar-refractivity contribution is 0.0225. The molecule has 196 valence electrons. The first-order valence-corrected chi connectivity index (χ1v) is 13.5. The summed E-state index contributed by atoms with van der Waals surface area (Å²) in [5.41, 5.74) is 0.162. The highest BCUT2D eigenvalue weighted by atomic mass is 32.1. The Hall–Kier alpha value is -3.47. The van der Waals surface area contributed by atoms with Crippen LogP contribution in [0.2, 0.25) is 0 Å². The topological polar surface area (TPSA) is 126 Å². The lowest BCUT2D eigenvalue weighted by Gasteiger charge is -2.29. The summed E-state index contributed by atoms with van der Waals surface area (Å²) in [5, 5.41) is 3.63. The number of rotatable bonds is 3. The van der Waals surface area contributed by atoms with Crippen LogP contribution < -0.4 is 16.6 Å². The van der Waals surface area contributed by atoms with Crippen molar-refractivity contribution in [2.24, 2.45) is 0 Å². The maximum Gasteiger partial charge on any atom is 0.410 e. The molecule has 0 bridgehead atoms. The number of benzene rings is 1. The predicted molar refractivity (Wildman–Crippen MR) is 141 cm³/mol. The summed E-state index contributed by atoms with van der Waals surface area (Å²) in [6.45, 7) is 6.36. The number of ether oxygens (including phenoxy) is 1. The standard InChI is InChI=1S/C26H31N5O5S/c1-26(2,3)36-25(35)30-12-11-18-20(14-30)37-23(27-18)29-21(32)15-9-10-17-19(13-15)28-24(34)31(22(17)33)16-7-5-4-6-8-16/h9-10,13,16H,4-8,11-12,14H2,1-3H3,(H,28,34)(H,27,29,32). The second-order valence-electron chi connectivity index (χ2n) is 10.7. The smallest absolute Gasteiger partial charge is 0.410 e. The van der Waals surface area contributed by atoms with Gasteiger partial charge in [-0.2, -0.15) is 0 Å². The molecule has 1 aliphatic carbocycles. The van der Waals surface area contributed by atoms with Crippen LogP contribution in [-0.4, -0.2) is 43.6 Å². The maximum absolute atomic E-state index is 13.1. The third-order valence-corrected chi connectivity index (χ3v) is 7.73. The molecule has 2 aliphatic rings. The van der Waals surface area contributed by atoms with Crippen molar-refractivity contribution in [2.45, 2.75) is 77.5 Å². The molecule has 1 aromatic carbocycles. The van der Waals surface area contributed by atoms with Crippen LogP contribution in [-0.2, 0) is 17.7 Å². The van der Waals surface area contributed by atoms with E-state index < -0.39 is 17.2 Å². The quantitative estimate of drug-likeness (QED) is 0.528. The highest BCUT2D eigenvalue weighted by molar-refractivity contribution is 7.15. The van der Waals surface area contributed by atoms with Crippen LogP contribution in [0.1, 0.15) is 79.8 Å². The van der Waals surface area contributed by atoms with Crippen molar-refractivity contribution in [3.05, 3.63) is 55.2 Å². The van der Waals surface area contributed by atoms with Gasteiger partial charge in [0.05, 0.1) is 23.1 Å². The highest BCUT2D eigenvalue weighted by Gasteiger charge is 2.28. The molecule has 5 rings (SSSR count). The number of nitrogens with zero attached hydrogens (tertiary/aromatic N) is 3. The summed E-state index contributed by atoms with van der Waals surface area (Å²) in [6.07, 6.45) is 4.99. The highest BCUT2D eigenvalue weighted by Crippen LogP contribution is 2.30. The van der Waals surface area contributed by atoms with Crippen molar-refractivity contribution in [2.75, 3.05) is 11.9 Å². The third kappa shape index (κ3) is 5.31. The molecular formula is C26H31N5O5S. The van der Waals surface area contributed by atoms with Gasteiger partial charge in [-0.1, -0.05) is 30.6 Å². The van der Waals surface area contributed by atoms with E-state index in [1.807, 2.05) is 20.8 Å². The zero-order valence-electron chi connectivity index (χ0n) is 21.3. The van der Waals surface area contributed by atoms with Crippen LogP contribution >= 0.6 is 11.3 Å². The first kappa shape index (κ1) is 25.2. The number of anilines is 1. The molecule has 0 spiro atoms. The number of carbonyl (C=O) groups excluding carboxylic acids is 2. The van der Waals surface area contributed by atoms with Gasteiger partial charge < -0.3 is 14.6 Å². The van der Waals surface area contributed by atoms with Crippen molar-refractivity contribution in [1.29, 1.82) is 0 Å². The molecule has 0 atom stereocenters. The number of carbonyl (C=O) groups is 2. The minimum atomic E-state index is -0.572. The van der Waals surface area contributed by atoms with E-state index in [1.54, 1.807) is 17.0 Å². The normalized spacial score (nSPS) is 16.5. The van der Waals surface area contributed by atoms with E-state index in [1.165, 1.54) is 22.0 Å². The van der Waals surface area contributed by atoms with Gasteiger partial charge in [0.25, 0.3) is 11.5 Å². The minimum absolute atomic E-state index is 0.0837. The van der Waals surface area contributed by atoms with Crippen molar-refractivity contribution in [1.82, 2.24) is 19.4 Å². The SMILES string of the molecule is CC(C)(C)OC(=O)N1CCc2nc(NC(=O)c3ccc4c(=O)n(C5CCCCC5)c(=O)[nH]c4c3)sc2C1. The van der Waals surface area contributed by atoms with Gasteiger partial charge in [-0.15, -0.1) is 0 Å². The Kier molecular flexibility index (Phi) is 6.65. The summed E-state index contributed by atoms with van der Waals surface area (Å²) < 4.78 is 6.80. The Morgan fingerprint density at radius 3 is 2.65 bits per heavy atom. The molecule has 0 saturated heterocycles. The zero-order chi connectivity index (χ0) is 26.3. The molecule has 3 heterocycles. The number of fused-ring (bicyclic) bond motifs is 2. The predicted octanol–water partition coefficient (Wildman–Crippen LogP) is 4.20. The van der Waals surface area contributed by atoms with Gasteiger partial charge in [-0.3, -0.25) is 19.5 Å². The molecule has 3 aromatic rings. The average Bonchev–Trinajstić information content (AvgIpc) is 3.24. The Morgan fingerprint density at radius 1 is 1.16 bits per heavy atom. The number of aromatic nitrogens is 3. The van der Waals surface area contributed by atoms with Gasteiger partial charge in [0.15, 0.2) is 5.13 Å². The molecule has 37 heavy (non-hydrogen) atoms. The van der Waals surface area contributed by atoms with Gasteiger partial charge in [-0.25, -0.2) is 14.6 Å². The van der Waals surface area contributed by atoms with Gasteiger partial charge in [0.1, 0.15) is 5.60 Å². The zero-order valence-corrected chi connectivity index (χ0v) is 22.1. The molecule has 0 radical (unpaired) electrons. The number of H-pyrrole nitrogens is 1. The molecule has 1 saturated carbocycles. The molecule has 0 unspecified atom stereocenters. The van der Waals surface area contributed by atoms with Crippen LogP contribution in [0.15, 0.2) is 27.8 Å². The fraction of sp³-hybridized carbons (Fsp3) is 0.500. The van der Waals surface area contributed by atoms with E-state index in [4.69, 9.17) is 4.74 Å². The van der Waals surface area contributed by atoms with E-state index in [-0.39, 0.29) is 17.7 Å². The fourth-order valence-corrected chi connectivity index (χ4v) is 5.96. The van der Waals surface area contributed by atoms with Crippen molar-refractivity contribution in [3.8, 4) is 0 Å². The summed E-state index contributed by atoms with van der Waals surface area (Å²) in [4.78, 5) is 61.1. The number of aromatic amines is 1. The van der Waals surface area contributed by atoms with E-state index in [9.17, 15) is 19.2 Å². The van der Waals surface area contributed by atoms with Gasteiger partial charge in [-0.05, 0) is 51.8 Å². The van der Waals surface area contributed by atoms with Crippen LogP contribution in [0.5, 0.6) is 0 Å². The van der Waals surface area contributed by atoms with Crippen LogP contribution in [0.4, 0.5) is 9.93 Å². The maximum atomic E-state index is 13.1. The molecule has 2 amide bonds. The van der Waals surface area contributed by atoms with E-state index in [2.05, 4.69) is 15.3 Å². The number of thiazole rings is 1. The Morgan fingerprint density at radius 2 is 1.92 bits per heavy atom. The molecular weight excluding hydrogens is 494 g/mol. The number of hydrogen-bond acceptors (Lipinski definition) is 7.